The van der Waals surface area contributed by atoms with Crippen molar-refractivity contribution in [2.24, 2.45) is 0 Å². The lowest BCUT2D eigenvalue weighted by Gasteiger charge is -2.32. The van der Waals surface area contributed by atoms with Gasteiger partial charge in [0.2, 0.25) is 0 Å². The Kier molecular flexibility index (Phi) is 4.19. The highest BCUT2D eigenvalue weighted by Crippen LogP contribution is 2.38. The van der Waals surface area contributed by atoms with Crippen LogP contribution in [-0.2, 0) is 4.79 Å². The predicted octanol–water partition coefficient (Wildman–Crippen LogP) is 2.40. The van der Waals surface area contributed by atoms with Crippen LogP contribution in [-0.4, -0.2) is 45.3 Å². The minimum absolute atomic E-state index is 0.0426. The fraction of sp³-hybridized carbons (Fsp3) is 0.500. The summed E-state index contributed by atoms with van der Waals surface area (Å²) in [5.41, 5.74) is 0. The van der Waals surface area contributed by atoms with Gasteiger partial charge in [0, 0.05) is 25.0 Å². The van der Waals surface area contributed by atoms with Gasteiger partial charge in [-0.05, 0) is 37.8 Å². The molecule has 1 saturated heterocycles. The van der Waals surface area contributed by atoms with Crippen molar-refractivity contribution in [3.05, 3.63) is 42.5 Å². The monoisotopic (exact) mass is 326 g/mol. The van der Waals surface area contributed by atoms with Gasteiger partial charge in [-0.25, -0.2) is 0 Å². The predicted molar refractivity (Wildman–Crippen MR) is 88.8 cm³/mol. The van der Waals surface area contributed by atoms with Crippen LogP contribution in [0, 0.1) is 0 Å². The second-order valence-electron chi connectivity index (χ2n) is 6.61. The number of hydrogen-bond donors (Lipinski definition) is 0. The number of amides is 1. The molecular weight excluding hydrogens is 304 g/mol. The zero-order valence-corrected chi connectivity index (χ0v) is 13.7. The standard InChI is InChI=1S/C18H22N4O2/c23-17(12-24-16-6-2-1-3-7-16)21-10-4-5-14(11-21)18-20-19-13-22(18)15-8-9-15/h1-3,6-7,13-15H,4-5,8-12H2/t14-/m1/s1. The van der Waals surface area contributed by atoms with Crippen molar-refractivity contribution in [1.29, 1.82) is 0 Å². The van der Waals surface area contributed by atoms with Crippen LogP contribution in [0.1, 0.15) is 43.5 Å². The molecule has 2 aliphatic rings. The third-order valence-corrected chi connectivity index (χ3v) is 4.79. The summed E-state index contributed by atoms with van der Waals surface area (Å²) in [6.07, 6.45) is 6.33. The first-order valence-corrected chi connectivity index (χ1v) is 8.66. The quantitative estimate of drug-likeness (QED) is 0.846. The van der Waals surface area contributed by atoms with E-state index in [0.717, 1.165) is 31.0 Å². The highest BCUT2D eigenvalue weighted by atomic mass is 16.5. The maximum absolute atomic E-state index is 12.5. The van der Waals surface area contributed by atoms with Crippen LogP contribution in [0.15, 0.2) is 36.7 Å². The van der Waals surface area contributed by atoms with E-state index in [0.29, 0.717) is 12.6 Å². The van der Waals surface area contributed by atoms with Crippen molar-refractivity contribution >= 4 is 5.91 Å². The van der Waals surface area contributed by atoms with E-state index in [4.69, 9.17) is 4.74 Å². The number of likely N-dealkylation sites (tertiary alicyclic amines) is 1. The molecule has 1 aliphatic heterocycles. The number of carbonyl (C=O) groups excluding carboxylic acids is 1. The molecule has 1 aliphatic carbocycles. The number of aromatic nitrogens is 3. The number of para-hydroxylation sites is 1. The van der Waals surface area contributed by atoms with Crippen molar-refractivity contribution in [3.63, 3.8) is 0 Å². The van der Waals surface area contributed by atoms with Gasteiger partial charge in [0.25, 0.3) is 5.91 Å². The number of nitrogens with zero attached hydrogens (tertiary/aromatic N) is 4. The summed E-state index contributed by atoms with van der Waals surface area (Å²) in [7, 11) is 0. The van der Waals surface area contributed by atoms with Gasteiger partial charge in [0.1, 0.15) is 17.9 Å². The lowest BCUT2D eigenvalue weighted by Crippen LogP contribution is -2.42. The van der Waals surface area contributed by atoms with Crippen LogP contribution in [0.3, 0.4) is 0 Å². The van der Waals surface area contributed by atoms with E-state index in [9.17, 15) is 4.79 Å². The van der Waals surface area contributed by atoms with Crippen molar-refractivity contribution in [1.82, 2.24) is 19.7 Å². The van der Waals surface area contributed by atoms with Gasteiger partial charge in [0.15, 0.2) is 6.61 Å². The van der Waals surface area contributed by atoms with Crippen LogP contribution in [0.2, 0.25) is 0 Å². The van der Waals surface area contributed by atoms with Crippen LogP contribution in [0.4, 0.5) is 0 Å². The van der Waals surface area contributed by atoms with Gasteiger partial charge in [-0.15, -0.1) is 10.2 Å². The summed E-state index contributed by atoms with van der Waals surface area (Å²) in [6.45, 7) is 1.60. The minimum atomic E-state index is 0.0426. The second kappa shape index (κ2) is 6.63. The highest BCUT2D eigenvalue weighted by molar-refractivity contribution is 5.78. The van der Waals surface area contributed by atoms with Crippen molar-refractivity contribution < 1.29 is 9.53 Å². The van der Waals surface area contributed by atoms with E-state index < -0.39 is 0 Å². The summed E-state index contributed by atoms with van der Waals surface area (Å²) in [4.78, 5) is 14.4. The SMILES string of the molecule is O=C(COc1ccccc1)N1CCC[C@@H](c2nncn2C2CC2)C1. The maximum atomic E-state index is 12.5. The number of benzene rings is 1. The van der Waals surface area contributed by atoms with E-state index in [1.54, 1.807) is 0 Å². The Hall–Kier alpha value is -2.37. The summed E-state index contributed by atoms with van der Waals surface area (Å²) < 4.78 is 7.80. The molecule has 6 nitrogen and oxygen atoms in total. The average molecular weight is 326 g/mol. The summed E-state index contributed by atoms with van der Waals surface area (Å²) >= 11 is 0. The minimum Gasteiger partial charge on any atom is -0.484 e. The van der Waals surface area contributed by atoms with Crippen molar-refractivity contribution in [3.8, 4) is 5.75 Å². The molecule has 4 rings (SSSR count). The van der Waals surface area contributed by atoms with Crippen LogP contribution < -0.4 is 4.74 Å². The Morgan fingerprint density at radius 2 is 2.04 bits per heavy atom. The summed E-state index contributed by atoms with van der Waals surface area (Å²) in [5, 5.41) is 8.42. The molecule has 0 bridgehead atoms. The summed E-state index contributed by atoms with van der Waals surface area (Å²) in [5.74, 6) is 2.09. The smallest absolute Gasteiger partial charge is 0.260 e. The first-order valence-electron chi connectivity index (χ1n) is 8.66. The molecule has 0 radical (unpaired) electrons. The Morgan fingerprint density at radius 3 is 2.83 bits per heavy atom. The molecule has 0 N–H and O–H groups in total. The molecule has 0 unspecified atom stereocenters. The number of hydrogen-bond acceptors (Lipinski definition) is 4. The summed E-state index contributed by atoms with van der Waals surface area (Å²) in [6, 6.07) is 10.0. The van der Waals surface area contributed by atoms with Gasteiger partial charge in [-0.1, -0.05) is 18.2 Å². The van der Waals surface area contributed by atoms with Crippen molar-refractivity contribution in [2.75, 3.05) is 19.7 Å². The first kappa shape index (κ1) is 15.2. The zero-order valence-electron chi connectivity index (χ0n) is 13.7. The van der Waals surface area contributed by atoms with E-state index in [-0.39, 0.29) is 18.4 Å². The molecule has 1 aromatic carbocycles. The molecule has 0 spiro atoms. The number of piperidine rings is 1. The molecule has 126 valence electrons. The van der Waals surface area contributed by atoms with Crippen LogP contribution in [0.25, 0.3) is 0 Å². The number of ether oxygens (including phenoxy) is 1. The Balaban J connectivity index is 1.37. The van der Waals surface area contributed by atoms with Gasteiger partial charge >= 0.3 is 0 Å². The first-order chi connectivity index (χ1) is 11.8. The molecule has 1 saturated carbocycles. The highest BCUT2D eigenvalue weighted by Gasteiger charge is 2.32. The Bertz CT molecular complexity index is 696. The third-order valence-electron chi connectivity index (χ3n) is 4.79. The van der Waals surface area contributed by atoms with Crippen LogP contribution in [0.5, 0.6) is 5.75 Å². The zero-order chi connectivity index (χ0) is 16.4. The van der Waals surface area contributed by atoms with Gasteiger partial charge < -0.3 is 14.2 Å². The maximum Gasteiger partial charge on any atom is 0.260 e. The normalized spacial score (nSPS) is 20.8. The topological polar surface area (TPSA) is 60.2 Å². The molecule has 2 aromatic rings. The Morgan fingerprint density at radius 1 is 1.21 bits per heavy atom. The van der Waals surface area contributed by atoms with Gasteiger partial charge in [0.05, 0.1) is 0 Å². The van der Waals surface area contributed by atoms with E-state index >= 15 is 0 Å². The molecule has 2 fully saturated rings. The van der Waals surface area contributed by atoms with Gasteiger partial charge in [-0.2, -0.15) is 0 Å². The van der Waals surface area contributed by atoms with Crippen molar-refractivity contribution in [2.45, 2.75) is 37.6 Å². The van der Waals surface area contributed by atoms with Crippen LogP contribution >= 0.6 is 0 Å². The number of rotatable bonds is 5. The van der Waals surface area contributed by atoms with E-state index in [2.05, 4.69) is 14.8 Å². The molecule has 1 aromatic heterocycles. The fourth-order valence-corrected chi connectivity index (χ4v) is 3.35. The molecule has 6 heteroatoms. The molecule has 24 heavy (non-hydrogen) atoms. The van der Waals surface area contributed by atoms with E-state index in [1.807, 2.05) is 41.6 Å². The molecule has 1 atom stereocenters. The molecular formula is C18H22N4O2. The average Bonchev–Trinajstić information content (AvgIpc) is 3.37. The largest absolute Gasteiger partial charge is 0.484 e. The van der Waals surface area contributed by atoms with Gasteiger partial charge in [-0.3, -0.25) is 4.79 Å². The Labute approximate surface area is 141 Å². The van der Waals surface area contributed by atoms with E-state index in [1.165, 1.54) is 12.8 Å². The molecule has 2 heterocycles. The fourth-order valence-electron chi connectivity index (χ4n) is 3.35. The lowest BCUT2D eigenvalue weighted by atomic mass is 9.97. The number of carbonyl (C=O) groups is 1. The third kappa shape index (κ3) is 3.27. The molecule has 1 amide bonds. The lowest BCUT2D eigenvalue weighted by molar-refractivity contribution is -0.134. The second-order valence-corrected chi connectivity index (χ2v) is 6.61.